The summed E-state index contributed by atoms with van der Waals surface area (Å²) in [4.78, 5) is 34.6. The van der Waals surface area contributed by atoms with Gasteiger partial charge in [0, 0.05) is 13.0 Å². The summed E-state index contributed by atoms with van der Waals surface area (Å²) in [7, 11) is -5.11. The predicted molar refractivity (Wildman–Crippen MR) is 138 cm³/mol. The molecule has 0 spiro atoms. The van der Waals surface area contributed by atoms with E-state index in [9.17, 15) is 27.8 Å². The van der Waals surface area contributed by atoms with Crippen LogP contribution in [0.25, 0.3) is 0 Å². The van der Waals surface area contributed by atoms with Crippen LogP contribution in [0.2, 0.25) is 0 Å². The standard InChI is InChI=1S/C27H29F2N2O6P/c28-26(29)38(34,35)37-23-15-13-21(14-16-23)18-24(31-27(33)36-19-22-10-5-2-6-11-22)25(32)30-17-7-12-20-8-3-1-4-9-20/h1-6,8-11,13-16,24,26H,7,12,17-19H2,(H,30,32)(H,31,33)(H,34,35)/t24-/m0/s1. The maximum absolute atomic E-state index is 12.9. The van der Waals surface area contributed by atoms with Gasteiger partial charge in [-0.3, -0.25) is 4.79 Å². The molecule has 38 heavy (non-hydrogen) atoms. The fourth-order valence-corrected chi connectivity index (χ4v) is 4.00. The molecular weight excluding hydrogens is 517 g/mol. The lowest BCUT2D eigenvalue weighted by Crippen LogP contribution is -2.48. The minimum Gasteiger partial charge on any atom is -0.445 e. The highest BCUT2D eigenvalue weighted by atomic mass is 31.2. The minimum atomic E-state index is -5.11. The van der Waals surface area contributed by atoms with E-state index in [1.54, 1.807) is 12.1 Å². The molecule has 11 heteroatoms. The molecule has 3 N–H and O–H groups in total. The van der Waals surface area contributed by atoms with Crippen molar-refractivity contribution < 1.29 is 37.1 Å². The lowest BCUT2D eigenvalue weighted by molar-refractivity contribution is -0.123. The first kappa shape index (κ1) is 28.8. The van der Waals surface area contributed by atoms with E-state index >= 15 is 0 Å². The number of carbonyl (C=O) groups excluding carboxylic acids is 2. The van der Waals surface area contributed by atoms with Gasteiger partial charge >= 0.3 is 19.9 Å². The average molecular weight is 547 g/mol. The number of alkyl halides is 2. The maximum Gasteiger partial charge on any atom is 0.442 e. The number of hydrogen-bond acceptors (Lipinski definition) is 5. The molecule has 0 aromatic heterocycles. The van der Waals surface area contributed by atoms with E-state index in [1.807, 2.05) is 48.5 Å². The Hall–Kier alpha value is -3.75. The fraction of sp³-hybridized carbons (Fsp3) is 0.259. The van der Waals surface area contributed by atoms with Crippen LogP contribution in [0.4, 0.5) is 13.6 Å². The SMILES string of the molecule is O=C(N[C@@H](Cc1ccc(OP(=O)(O)C(F)F)cc1)C(=O)NCCCc1ccccc1)OCc1ccccc1. The van der Waals surface area contributed by atoms with Crippen LogP contribution in [0.1, 0.15) is 23.1 Å². The van der Waals surface area contributed by atoms with Gasteiger partial charge in [0.15, 0.2) is 0 Å². The molecule has 0 radical (unpaired) electrons. The topological polar surface area (TPSA) is 114 Å². The molecule has 1 unspecified atom stereocenters. The molecule has 0 heterocycles. The summed E-state index contributed by atoms with van der Waals surface area (Å²) in [5.74, 6) is -0.648. The van der Waals surface area contributed by atoms with Crippen molar-refractivity contribution in [1.82, 2.24) is 10.6 Å². The van der Waals surface area contributed by atoms with Crippen LogP contribution in [0.15, 0.2) is 84.9 Å². The van der Waals surface area contributed by atoms with Crippen molar-refractivity contribution in [3.05, 3.63) is 102 Å². The van der Waals surface area contributed by atoms with Gasteiger partial charge in [0.2, 0.25) is 5.91 Å². The van der Waals surface area contributed by atoms with Crippen molar-refractivity contribution >= 4 is 19.6 Å². The number of hydrogen-bond donors (Lipinski definition) is 3. The van der Waals surface area contributed by atoms with E-state index in [4.69, 9.17) is 4.74 Å². The summed E-state index contributed by atoms with van der Waals surface area (Å²) < 4.78 is 46.4. The number of halogens is 2. The number of amides is 2. The van der Waals surface area contributed by atoms with Gasteiger partial charge in [-0.25, -0.2) is 9.36 Å². The van der Waals surface area contributed by atoms with Crippen LogP contribution in [-0.4, -0.2) is 35.6 Å². The Bertz CT molecular complexity index is 1210. The zero-order chi connectivity index (χ0) is 27.4. The molecule has 2 amide bonds. The van der Waals surface area contributed by atoms with Gasteiger partial charge in [0.25, 0.3) is 0 Å². The Balaban J connectivity index is 1.60. The van der Waals surface area contributed by atoms with Crippen molar-refractivity contribution in [3.8, 4) is 5.75 Å². The molecule has 202 valence electrons. The normalized spacial score (nSPS) is 13.3. The zero-order valence-corrected chi connectivity index (χ0v) is 21.4. The molecule has 3 aromatic carbocycles. The monoisotopic (exact) mass is 546 g/mol. The summed E-state index contributed by atoms with van der Waals surface area (Å²) in [6, 6.07) is 23.3. The maximum atomic E-state index is 12.9. The van der Waals surface area contributed by atoms with E-state index in [0.717, 1.165) is 17.5 Å². The van der Waals surface area contributed by atoms with Crippen LogP contribution >= 0.6 is 7.60 Å². The first-order valence-corrected chi connectivity index (χ1v) is 13.6. The number of ether oxygens (including phenoxy) is 1. The summed E-state index contributed by atoms with van der Waals surface area (Å²) in [6.45, 7) is 0.409. The molecule has 0 fully saturated rings. The Kier molecular flexibility index (Phi) is 10.8. The Morgan fingerprint density at radius 3 is 2.08 bits per heavy atom. The van der Waals surface area contributed by atoms with Gasteiger partial charge in [-0.2, -0.15) is 8.78 Å². The molecule has 0 saturated heterocycles. The van der Waals surface area contributed by atoms with Gasteiger partial charge < -0.3 is 24.8 Å². The predicted octanol–water partition coefficient (Wildman–Crippen LogP) is 5.06. The third-order valence-corrected chi connectivity index (χ3v) is 6.42. The Morgan fingerprint density at radius 1 is 0.868 bits per heavy atom. The number of benzene rings is 3. The largest absolute Gasteiger partial charge is 0.445 e. The number of nitrogens with one attached hydrogen (secondary N) is 2. The van der Waals surface area contributed by atoms with Gasteiger partial charge in [-0.05, 0) is 41.7 Å². The van der Waals surface area contributed by atoms with Crippen molar-refractivity contribution in [1.29, 1.82) is 0 Å². The lowest BCUT2D eigenvalue weighted by atomic mass is 10.0. The van der Waals surface area contributed by atoms with Crippen LogP contribution in [0.5, 0.6) is 5.75 Å². The molecule has 0 saturated carbocycles. The van der Waals surface area contributed by atoms with Gasteiger partial charge in [-0.15, -0.1) is 0 Å². The molecule has 3 rings (SSSR count). The van der Waals surface area contributed by atoms with Gasteiger partial charge in [0.1, 0.15) is 18.4 Å². The molecule has 0 aliphatic rings. The van der Waals surface area contributed by atoms with Crippen molar-refractivity contribution in [2.75, 3.05) is 6.54 Å². The van der Waals surface area contributed by atoms with E-state index in [-0.39, 0.29) is 18.8 Å². The first-order chi connectivity index (χ1) is 18.2. The van der Waals surface area contributed by atoms with E-state index in [1.165, 1.54) is 24.3 Å². The number of aryl methyl sites for hydroxylation is 1. The summed E-state index contributed by atoms with van der Waals surface area (Å²) in [6.07, 6.45) is -2.80. The van der Waals surface area contributed by atoms with Gasteiger partial charge in [-0.1, -0.05) is 72.8 Å². The number of rotatable bonds is 13. The summed E-state index contributed by atoms with van der Waals surface area (Å²) in [5.41, 5.74) is 2.47. The Morgan fingerprint density at radius 2 is 1.47 bits per heavy atom. The van der Waals surface area contributed by atoms with Crippen LogP contribution in [-0.2, 0) is 33.5 Å². The smallest absolute Gasteiger partial charge is 0.442 e. The summed E-state index contributed by atoms with van der Waals surface area (Å²) >= 11 is 0. The highest BCUT2D eigenvalue weighted by Crippen LogP contribution is 2.48. The second-order valence-electron chi connectivity index (χ2n) is 8.42. The third kappa shape index (κ3) is 9.61. The van der Waals surface area contributed by atoms with E-state index in [0.29, 0.717) is 18.5 Å². The van der Waals surface area contributed by atoms with E-state index in [2.05, 4.69) is 15.2 Å². The van der Waals surface area contributed by atoms with Crippen molar-refractivity contribution in [2.45, 2.75) is 38.1 Å². The molecular formula is C27H29F2N2O6P. The number of carbonyl (C=O) groups is 2. The molecule has 0 aliphatic heterocycles. The molecule has 8 nitrogen and oxygen atoms in total. The lowest BCUT2D eigenvalue weighted by Gasteiger charge is -2.19. The molecule has 0 aliphatic carbocycles. The quantitative estimate of drug-likeness (QED) is 0.204. The summed E-state index contributed by atoms with van der Waals surface area (Å²) in [5, 5.41) is 5.39. The van der Waals surface area contributed by atoms with Crippen LogP contribution in [0.3, 0.4) is 0 Å². The minimum absolute atomic E-state index is 0.0233. The highest BCUT2D eigenvalue weighted by molar-refractivity contribution is 7.53. The van der Waals surface area contributed by atoms with Crippen molar-refractivity contribution in [2.24, 2.45) is 0 Å². The van der Waals surface area contributed by atoms with Gasteiger partial charge in [0.05, 0.1) is 0 Å². The molecule has 0 bridgehead atoms. The molecule has 3 aromatic rings. The van der Waals surface area contributed by atoms with Crippen LogP contribution < -0.4 is 15.2 Å². The number of alkyl carbamates (subject to hydrolysis) is 1. The highest BCUT2D eigenvalue weighted by Gasteiger charge is 2.34. The average Bonchev–Trinajstić information content (AvgIpc) is 2.91. The second-order valence-corrected chi connectivity index (χ2v) is 10.1. The first-order valence-electron chi connectivity index (χ1n) is 11.9. The Labute approximate surface area is 219 Å². The van der Waals surface area contributed by atoms with E-state index < -0.39 is 31.8 Å². The zero-order valence-electron chi connectivity index (χ0n) is 20.5. The van der Waals surface area contributed by atoms with Crippen molar-refractivity contribution in [3.63, 3.8) is 0 Å². The third-order valence-electron chi connectivity index (χ3n) is 5.45. The molecule has 2 atom stereocenters. The fourth-order valence-electron chi connectivity index (χ4n) is 3.50. The second kappa shape index (κ2) is 14.3. The van der Waals surface area contributed by atoms with Crippen LogP contribution in [0, 0.1) is 0 Å².